The molecule has 118 valence electrons. The minimum Gasteiger partial charge on any atom is -0.353 e. The van der Waals surface area contributed by atoms with Gasteiger partial charge in [-0.15, -0.1) is 0 Å². The third-order valence-corrected chi connectivity index (χ3v) is 4.85. The van der Waals surface area contributed by atoms with Crippen molar-refractivity contribution in [3.8, 4) is 0 Å². The van der Waals surface area contributed by atoms with Crippen molar-refractivity contribution in [3.05, 3.63) is 30.3 Å². The summed E-state index contributed by atoms with van der Waals surface area (Å²) in [6, 6.07) is 7.20. The maximum atomic E-state index is 12.3. The van der Waals surface area contributed by atoms with Gasteiger partial charge in [-0.1, -0.05) is 18.2 Å². The summed E-state index contributed by atoms with van der Waals surface area (Å²) in [4.78, 5) is 12.2. The fraction of sp³-hybridized carbons (Fsp3) is 0.462. The Morgan fingerprint density at radius 1 is 1.33 bits per heavy atom. The minimum atomic E-state index is -3.71. The Balaban J connectivity index is 2.82. The number of carbonyl (C=O) groups excluding carboxylic acids is 1. The summed E-state index contributed by atoms with van der Waals surface area (Å²) in [5.74, 6) is 0.326. The van der Waals surface area contributed by atoms with E-state index in [0.717, 1.165) is 0 Å². The zero-order chi connectivity index (χ0) is 15.7. The first kappa shape index (κ1) is 18.0. The third kappa shape index (κ3) is 6.04. The van der Waals surface area contributed by atoms with Gasteiger partial charge in [-0.05, 0) is 30.6 Å². The molecule has 8 heteroatoms. The van der Waals surface area contributed by atoms with E-state index in [2.05, 4.69) is 10.0 Å². The number of nitrogens with one attached hydrogen (secondary N) is 2. The predicted molar refractivity (Wildman–Crippen MR) is 85.6 cm³/mol. The second-order valence-electron chi connectivity index (χ2n) is 4.35. The molecule has 1 atom stereocenters. The molecular weight excluding hydrogens is 310 g/mol. The lowest BCUT2D eigenvalue weighted by Gasteiger charge is -2.18. The Hall–Kier alpha value is -1.09. The van der Waals surface area contributed by atoms with E-state index in [9.17, 15) is 13.2 Å². The molecule has 0 aromatic heterocycles. The molecule has 1 aromatic rings. The number of hydrogen-bond acceptors (Lipinski definition) is 5. The average molecular weight is 331 g/mol. The van der Waals surface area contributed by atoms with Crippen LogP contribution in [0, 0.1) is 0 Å². The van der Waals surface area contributed by atoms with E-state index in [1.807, 2.05) is 6.26 Å². The second kappa shape index (κ2) is 9.04. The number of sulfonamides is 1. The average Bonchev–Trinajstić information content (AvgIpc) is 2.49. The van der Waals surface area contributed by atoms with Gasteiger partial charge in [0.05, 0.1) is 4.90 Å². The maximum absolute atomic E-state index is 12.3. The number of nitrogens with two attached hydrogens (primary N) is 1. The number of carbonyl (C=O) groups is 1. The molecule has 1 unspecified atom stereocenters. The summed E-state index contributed by atoms with van der Waals surface area (Å²) in [5, 5.41) is 2.62. The highest BCUT2D eigenvalue weighted by atomic mass is 32.2. The Labute approximate surface area is 129 Å². The monoisotopic (exact) mass is 331 g/mol. The number of amides is 1. The first-order chi connectivity index (χ1) is 10.0. The summed E-state index contributed by atoms with van der Waals surface area (Å²) < 4.78 is 27.0. The Kier molecular flexibility index (Phi) is 7.73. The summed E-state index contributed by atoms with van der Waals surface area (Å²) in [6.07, 6.45) is 2.32. The van der Waals surface area contributed by atoms with Gasteiger partial charge in [0.25, 0.3) is 0 Å². The van der Waals surface area contributed by atoms with E-state index >= 15 is 0 Å². The van der Waals surface area contributed by atoms with Crippen molar-refractivity contribution < 1.29 is 13.2 Å². The summed E-state index contributed by atoms with van der Waals surface area (Å²) in [5.41, 5.74) is 5.34. The van der Waals surface area contributed by atoms with Crippen LogP contribution in [0.5, 0.6) is 0 Å². The molecule has 0 aliphatic heterocycles. The van der Waals surface area contributed by atoms with Crippen LogP contribution in [-0.4, -0.2) is 45.5 Å². The van der Waals surface area contributed by atoms with E-state index in [4.69, 9.17) is 5.73 Å². The molecule has 0 radical (unpaired) electrons. The number of thioether (sulfide) groups is 1. The fourth-order valence-electron chi connectivity index (χ4n) is 1.65. The van der Waals surface area contributed by atoms with Gasteiger partial charge in [0.1, 0.15) is 6.04 Å². The second-order valence-corrected chi connectivity index (χ2v) is 7.05. The molecule has 4 N–H and O–H groups in total. The van der Waals surface area contributed by atoms with Crippen LogP contribution >= 0.6 is 11.8 Å². The molecule has 0 aliphatic rings. The van der Waals surface area contributed by atoms with Gasteiger partial charge in [-0.2, -0.15) is 16.5 Å². The molecule has 0 heterocycles. The lowest BCUT2D eigenvalue weighted by molar-refractivity contribution is -0.122. The molecule has 0 fully saturated rings. The number of hydrogen-bond donors (Lipinski definition) is 3. The molecule has 0 saturated heterocycles. The van der Waals surface area contributed by atoms with Crippen LogP contribution in [0.15, 0.2) is 35.2 Å². The summed E-state index contributed by atoms with van der Waals surface area (Å²) >= 11 is 1.55. The van der Waals surface area contributed by atoms with Crippen LogP contribution in [0.25, 0.3) is 0 Å². The molecular formula is C13H21N3O3S2. The van der Waals surface area contributed by atoms with Gasteiger partial charge in [-0.3, -0.25) is 4.79 Å². The van der Waals surface area contributed by atoms with E-state index in [1.54, 1.807) is 30.0 Å². The summed E-state index contributed by atoms with van der Waals surface area (Å²) in [6.45, 7) is 0.633. The van der Waals surface area contributed by atoms with Crippen LogP contribution in [-0.2, 0) is 14.8 Å². The van der Waals surface area contributed by atoms with Crippen molar-refractivity contribution in [1.82, 2.24) is 10.0 Å². The lowest BCUT2D eigenvalue weighted by Crippen LogP contribution is -2.47. The molecule has 0 spiro atoms. The smallest absolute Gasteiger partial charge is 0.241 e. The molecule has 1 rings (SSSR count). The Bertz CT molecular complexity index is 535. The molecule has 21 heavy (non-hydrogen) atoms. The molecule has 1 aromatic carbocycles. The number of benzene rings is 1. The Morgan fingerprint density at radius 2 is 2.00 bits per heavy atom. The van der Waals surface area contributed by atoms with Gasteiger partial charge < -0.3 is 11.1 Å². The van der Waals surface area contributed by atoms with E-state index in [0.29, 0.717) is 25.3 Å². The van der Waals surface area contributed by atoms with Crippen LogP contribution < -0.4 is 15.8 Å². The van der Waals surface area contributed by atoms with Gasteiger partial charge in [0, 0.05) is 13.1 Å². The van der Waals surface area contributed by atoms with Crippen molar-refractivity contribution in [2.75, 3.05) is 25.1 Å². The first-order valence-corrected chi connectivity index (χ1v) is 9.43. The van der Waals surface area contributed by atoms with Crippen molar-refractivity contribution in [1.29, 1.82) is 0 Å². The van der Waals surface area contributed by atoms with Crippen LogP contribution in [0.2, 0.25) is 0 Å². The van der Waals surface area contributed by atoms with Crippen molar-refractivity contribution in [3.63, 3.8) is 0 Å². The van der Waals surface area contributed by atoms with Crippen molar-refractivity contribution >= 4 is 27.7 Å². The molecule has 6 nitrogen and oxygen atoms in total. The summed E-state index contributed by atoms with van der Waals surface area (Å²) in [7, 11) is -3.71. The van der Waals surface area contributed by atoms with Gasteiger partial charge >= 0.3 is 0 Å². The molecule has 0 saturated carbocycles. The largest absolute Gasteiger partial charge is 0.353 e. The van der Waals surface area contributed by atoms with Crippen LogP contribution in [0.4, 0.5) is 0 Å². The van der Waals surface area contributed by atoms with E-state index in [1.165, 1.54) is 12.1 Å². The standard InChI is InChI=1S/C13H21N3O3S2/c1-20-10-7-12(13(17)15-9-8-14)16-21(18,19)11-5-3-2-4-6-11/h2-6,12,16H,7-10,14H2,1H3,(H,15,17). The topological polar surface area (TPSA) is 101 Å². The normalized spacial score (nSPS) is 12.9. The van der Waals surface area contributed by atoms with Crippen LogP contribution in [0.1, 0.15) is 6.42 Å². The lowest BCUT2D eigenvalue weighted by atomic mass is 10.2. The first-order valence-electron chi connectivity index (χ1n) is 6.55. The molecule has 0 aliphatic carbocycles. The van der Waals surface area contributed by atoms with Crippen molar-refractivity contribution in [2.24, 2.45) is 5.73 Å². The van der Waals surface area contributed by atoms with Gasteiger partial charge in [-0.25, -0.2) is 8.42 Å². The molecule has 0 bridgehead atoms. The number of rotatable bonds is 9. The minimum absolute atomic E-state index is 0.144. The van der Waals surface area contributed by atoms with Gasteiger partial charge in [0.15, 0.2) is 0 Å². The SMILES string of the molecule is CSCCC(NS(=O)(=O)c1ccccc1)C(=O)NCCN. The molecule has 1 amide bonds. The van der Waals surface area contributed by atoms with E-state index < -0.39 is 16.1 Å². The Morgan fingerprint density at radius 3 is 2.57 bits per heavy atom. The highest BCUT2D eigenvalue weighted by molar-refractivity contribution is 7.98. The quantitative estimate of drug-likeness (QED) is 0.598. The highest BCUT2D eigenvalue weighted by Crippen LogP contribution is 2.10. The van der Waals surface area contributed by atoms with Crippen molar-refractivity contribution in [2.45, 2.75) is 17.4 Å². The zero-order valence-corrected chi connectivity index (χ0v) is 13.5. The van der Waals surface area contributed by atoms with E-state index in [-0.39, 0.29) is 10.8 Å². The zero-order valence-electron chi connectivity index (χ0n) is 11.9. The highest BCUT2D eigenvalue weighted by Gasteiger charge is 2.24. The maximum Gasteiger partial charge on any atom is 0.241 e. The van der Waals surface area contributed by atoms with Crippen LogP contribution in [0.3, 0.4) is 0 Å². The third-order valence-electron chi connectivity index (χ3n) is 2.72. The predicted octanol–water partition coefficient (Wildman–Crippen LogP) is 0.162. The fourth-order valence-corrected chi connectivity index (χ4v) is 3.38. The van der Waals surface area contributed by atoms with Gasteiger partial charge in [0.2, 0.25) is 15.9 Å².